The van der Waals surface area contributed by atoms with Gasteiger partial charge in [0.25, 0.3) is 0 Å². The molecule has 1 aliphatic heterocycles. The van der Waals surface area contributed by atoms with E-state index in [0.29, 0.717) is 24.1 Å². The average Bonchev–Trinajstić information content (AvgIpc) is 2.86. The fraction of sp³-hybridized carbons (Fsp3) is 0.562. The van der Waals surface area contributed by atoms with Crippen LogP contribution >= 0.6 is 0 Å². The third kappa shape index (κ3) is 4.02. The number of benzene rings is 1. The molecule has 0 bridgehead atoms. The predicted octanol–water partition coefficient (Wildman–Crippen LogP) is 2.35. The molecule has 116 valence electrons. The van der Waals surface area contributed by atoms with Gasteiger partial charge in [0.1, 0.15) is 5.82 Å². The van der Waals surface area contributed by atoms with Crippen molar-refractivity contribution in [3.8, 4) is 0 Å². The molecule has 1 aliphatic rings. The van der Waals surface area contributed by atoms with Crippen LogP contribution in [0.5, 0.6) is 0 Å². The Morgan fingerprint density at radius 2 is 2.33 bits per heavy atom. The van der Waals surface area contributed by atoms with Gasteiger partial charge in [0, 0.05) is 18.2 Å². The number of likely N-dealkylation sites (tertiary alicyclic amines) is 1. The number of ether oxygens (including phenoxy) is 1. The molecule has 0 amide bonds. The Kier molecular flexibility index (Phi) is 5.31. The minimum absolute atomic E-state index is 0.270. The van der Waals surface area contributed by atoms with Gasteiger partial charge < -0.3 is 9.84 Å². The first-order valence-corrected chi connectivity index (χ1v) is 7.30. The Morgan fingerprint density at radius 3 is 3.00 bits per heavy atom. The van der Waals surface area contributed by atoms with E-state index in [-0.39, 0.29) is 18.0 Å². The number of aliphatic hydroxyl groups excluding tert-OH is 1. The van der Waals surface area contributed by atoms with Gasteiger partial charge in [-0.15, -0.1) is 0 Å². The van der Waals surface area contributed by atoms with Crippen molar-refractivity contribution in [1.29, 1.82) is 0 Å². The maximum Gasteiger partial charge on any atom is 0.337 e. The number of nitrogens with zero attached hydrogens (tertiary/aromatic N) is 1. The van der Waals surface area contributed by atoms with Crippen LogP contribution in [-0.2, 0) is 11.3 Å². The fourth-order valence-electron chi connectivity index (χ4n) is 2.92. The van der Waals surface area contributed by atoms with Crippen LogP contribution in [0.25, 0.3) is 0 Å². The van der Waals surface area contributed by atoms with Crippen molar-refractivity contribution in [1.82, 2.24) is 4.90 Å². The van der Waals surface area contributed by atoms with Gasteiger partial charge in [-0.3, -0.25) is 4.90 Å². The number of rotatable bonds is 5. The molecular formula is C16H22FNO3. The second-order valence-electron chi connectivity index (χ2n) is 5.65. The van der Waals surface area contributed by atoms with Crippen LogP contribution in [0, 0.1) is 5.82 Å². The van der Waals surface area contributed by atoms with E-state index in [1.165, 1.54) is 19.2 Å². The molecule has 5 heteroatoms. The molecule has 21 heavy (non-hydrogen) atoms. The Hall–Kier alpha value is -1.46. The number of esters is 1. The first kappa shape index (κ1) is 15.9. The van der Waals surface area contributed by atoms with E-state index in [1.54, 1.807) is 13.0 Å². The van der Waals surface area contributed by atoms with Gasteiger partial charge in [-0.1, -0.05) is 0 Å². The zero-order chi connectivity index (χ0) is 15.4. The molecule has 0 aliphatic carbocycles. The summed E-state index contributed by atoms with van der Waals surface area (Å²) in [5.41, 5.74) is 0.857. The van der Waals surface area contributed by atoms with E-state index in [4.69, 9.17) is 0 Å². The van der Waals surface area contributed by atoms with Crippen molar-refractivity contribution < 1.29 is 19.0 Å². The molecule has 2 rings (SSSR count). The molecule has 0 aromatic heterocycles. The molecule has 2 unspecified atom stereocenters. The van der Waals surface area contributed by atoms with Gasteiger partial charge in [-0.2, -0.15) is 0 Å². The van der Waals surface area contributed by atoms with Crippen molar-refractivity contribution in [2.24, 2.45) is 0 Å². The summed E-state index contributed by atoms with van der Waals surface area (Å²) in [5, 5.41) is 9.54. The van der Waals surface area contributed by atoms with E-state index in [2.05, 4.69) is 9.64 Å². The Balaban J connectivity index is 2.12. The summed E-state index contributed by atoms with van der Waals surface area (Å²) in [6, 6.07) is 4.56. The standard InChI is InChI=1S/C16H22FNO3/c1-11(19)8-14-4-3-7-18(14)10-13-9-12(16(20)21-2)5-6-15(13)17/h5-6,9,11,14,19H,3-4,7-8,10H2,1-2H3. The highest BCUT2D eigenvalue weighted by Gasteiger charge is 2.26. The van der Waals surface area contributed by atoms with Gasteiger partial charge in [0.2, 0.25) is 0 Å². The second-order valence-corrected chi connectivity index (χ2v) is 5.65. The monoisotopic (exact) mass is 295 g/mol. The minimum Gasteiger partial charge on any atom is -0.465 e. The largest absolute Gasteiger partial charge is 0.465 e. The van der Waals surface area contributed by atoms with E-state index < -0.39 is 5.97 Å². The van der Waals surface area contributed by atoms with Gasteiger partial charge in [0.05, 0.1) is 18.8 Å². The van der Waals surface area contributed by atoms with Crippen molar-refractivity contribution >= 4 is 5.97 Å². The predicted molar refractivity (Wildman–Crippen MR) is 77.5 cm³/mol. The van der Waals surface area contributed by atoms with Gasteiger partial charge >= 0.3 is 5.97 Å². The molecule has 1 N–H and O–H groups in total. The van der Waals surface area contributed by atoms with E-state index >= 15 is 0 Å². The van der Waals surface area contributed by atoms with Crippen molar-refractivity contribution in [2.75, 3.05) is 13.7 Å². The number of aliphatic hydroxyl groups is 1. The number of methoxy groups -OCH3 is 1. The van der Waals surface area contributed by atoms with E-state index in [9.17, 15) is 14.3 Å². The minimum atomic E-state index is -0.460. The maximum absolute atomic E-state index is 14.0. The van der Waals surface area contributed by atoms with Crippen molar-refractivity contribution in [3.63, 3.8) is 0 Å². The van der Waals surface area contributed by atoms with E-state index in [0.717, 1.165) is 19.4 Å². The lowest BCUT2D eigenvalue weighted by atomic mass is 10.1. The first-order valence-electron chi connectivity index (χ1n) is 7.30. The van der Waals surface area contributed by atoms with Gasteiger partial charge in [0.15, 0.2) is 0 Å². The zero-order valence-corrected chi connectivity index (χ0v) is 12.5. The molecular weight excluding hydrogens is 273 g/mol. The average molecular weight is 295 g/mol. The van der Waals surface area contributed by atoms with Crippen LogP contribution in [0.4, 0.5) is 4.39 Å². The Morgan fingerprint density at radius 1 is 1.57 bits per heavy atom. The number of hydrogen-bond acceptors (Lipinski definition) is 4. The fourth-order valence-corrected chi connectivity index (χ4v) is 2.92. The van der Waals surface area contributed by atoms with Crippen LogP contribution in [0.1, 0.15) is 42.1 Å². The lowest BCUT2D eigenvalue weighted by Crippen LogP contribution is -2.31. The smallest absolute Gasteiger partial charge is 0.337 e. The second kappa shape index (κ2) is 7.00. The Bertz CT molecular complexity index is 504. The zero-order valence-electron chi connectivity index (χ0n) is 12.5. The number of carbonyl (C=O) groups excluding carboxylic acids is 1. The summed E-state index contributed by atoms with van der Waals surface area (Å²) in [7, 11) is 1.31. The summed E-state index contributed by atoms with van der Waals surface area (Å²) in [6.45, 7) is 3.11. The molecule has 1 fully saturated rings. The topological polar surface area (TPSA) is 49.8 Å². The lowest BCUT2D eigenvalue weighted by Gasteiger charge is -2.25. The molecule has 1 aromatic rings. The van der Waals surface area contributed by atoms with Crippen LogP contribution in [0.2, 0.25) is 0 Å². The quantitative estimate of drug-likeness (QED) is 0.847. The summed E-state index contributed by atoms with van der Waals surface area (Å²) < 4.78 is 18.6. The van der Waals surface area contributed by atoms with Crippen molar-refractivity contribution in [2.45, 2.75) is 44.9 Å². The van der Waals surface area contributed by atoms with Gasteiger partial charge in [-0.25, -0.2) is 9.18 Å². The molecule has 1 heterocycles. The lowest BCUT2D eigenvalue weighted by molar-refractivity contribution is 0.0600. The highest BCUT2D eigenvalue weighted by molar-refractivity contribution is 5.89. The number of hydrogen-bond donors (Lipinski definition) is 1. The summed E-state index contributed by atoms with van der Waals surface area (Å²) in [4.78, 5) is 13.7. The molecule has 0 saturated carbocycles. The van der Waals surface area contributed by atoms with Crippen LogP contribution in [0.3, 0.4) is 0 Å². The van der Waals surface area contributed by atoms with Crippen molar-refractivity contribution in [3.05, 3.63) is 35.1 Å². The molecule has 1 saturated heterocycles. The SMILES string of the molecule is COC(=O)c1ccc(F)c(CN2CCCC2CC(C)O)c1. The number of carbonyl (C=O) groups is 1. The Labute approximate surface area is 124 Å². The highest BCUT2D eigenvalue weighted by Crippen LogP contribution is 2.25. The van der Waals surface area contributed by atoms with Crippen LogP contribution in [-0.4, -0.2) is 41.8 Å². The first-order chi connectivity index (χ1) is 10.0. The molecule has 0 radical (unpaired) electrons. The summed E-state index contributed by atoms with van der Waals surface area (Å²) in [5.74, 6) is -0.774. The molecule has 1 aromatic carbocycles. The van der Waals surface area contributed by atoms with Gasteiger partial charge in [-0.05, 0) is 50.9 Å². The third-order valence-electron chi connectivity index (χ3n) is 3.95. The van der Waals surface area contributed by atoms with E-state index in [1.807, 2.05) is 0 Å². The third-order valence-corrected chi connectivity index (χ3v) is 3.95. The maximum atomic E-state index is 14.0. The molecule has 2 atom stereocenters. The molecule has 0 spiro atoms. The normalized spacial score (nSPS) is 20.5. The number of halogens is 1. The van der Waals surface area contributed by atoms with Crippen LogP contribution in [0.15, 0.2) is 18.2 Å². The summed E-state index contributed by atoms with van der Waals surface area (Å²) in [6.07, 6.45) is 2.40. The highest BCUT2D eigenvalue weighted by atomic mass is 19.1. The summed E-state index contributed by atoms with van der Waals surface area (Å²) >= 11 is 0. The van der Waals surface area contributed by atoms with Crippen LogP contribution < -0.4 is 0 Å². The molecule has 4 nitrogen and oxygen atoms in total.